The van der Waals surface area contributed by atoms with Crippen LogP contribution >= 0.6 is 11.8 Å². The Morgan fingerprint density at radius 3 is 2.01 bits per heavy atom. The van der Waals surface area contributed by atoms with E-state index in [1.807, 2.05) is 60.5 Å². The molecule has 2 unspecified atom stereocenters. The average Bonchev–Trinajstić information content (AvgIpc) is 1.71. The van der Waals surface area contributed by atoms with Gasteiger partial charge in [0.25, 0.3) is 0 Å². The second-order valence-electron chi connectivity index (χ2n) is 30.8. The highest BCUT2D eigenvalue weighted by atomic mass is 32.2. The van der Waals surface area contributed by atoms with Gasteiger partial charge in [-0.25, -0.2) is 14.0 Å². The maximum atomic E-state index is 14.7. The minimum Gasteiger partial charge on any atom is -0.445 e. The quantitative estimate of drug-likeness (QED) is 0.0236. The van der Waals surface area contributed by atoms with E-state index in [0.29, 0.717) is 61.1 Å². The van der Waals surface area contributed by atoms with Crippen molar-refractivity contribution in [2.24, 2.45) is 52.6 Å². The Morgan fingerprint density at radius 2 is 1.44 bits per heavy atom. The number of rotatable bonds is 46. The van der Waals surface area contributed by atoms with Crippen LogP contribution in [0.2, 0.25) is 0 Å². The number of primary amides is 1. The Bertz CT molecular complexity index is 3310. The zero-order valence-electron chi connectivity index (χ0n) is 65.8. The Morgan fingerprint density at radius 1 is 0.776 bits per heavy atom. The van der Waals surface area contributed by atoms with E-state index in [9.17, 15) is 67.0 Å². The molecule has 9 N–H and O–H groups in total. The zero-order valence-corrected chi connectivity index (χ0v) is 66.6. The molecule has 27 nitrogen and oxygen atoms in total. The number of likely N-dealkylation sites (N-methyl/N-ethyl adjacent to an activating group) is 2. The molecule has 2 saturated heterocycles. The van der Waals surface area contributed by atoms with Gasteiger partial charge in [-0.3, -0.25) is 57.7 Å². The van der Waals surface area contributed by atoms with Crippen LogP contribution in [0.1, 0.15) is 183 Å². The molecule has 1 aliphatic carbocycles. The van der Waals surface area contributed by atoms with E-state index >= 15 is 0 Å². The molecular weight excluding hydrogens is 1400 g/mol. The van der Waals surface area contributed by atoms with E-state index in [1.165, 1.54) is 60.0 Å². The molecule has 2 heterocycles. The number of β-amino-alcohol motifs (C(OH)–C–C–N with tert-alkyl or cyclic N) is 1. The second-order valence-corrected chi connectivity index (χ2v) is 32.0. The van der Waals surface area contributed by atoms with Crippen molar-refractivity contribution in [2.75, 3.05) is 73.1 Å². The van der Waals surface area contributed by atoms with Gasteiger partial charge in [0.1, 0.15) is 12.4 Å². The van der Waals surface area contributed by atoms with Crippen molar-refractivity contribution in [1.29, 1.82) is 0 Å². The van der Waals surface area contributed by atoms with E-state index in [2.05, 4.69) is 31.9 Å². The van der Waals surface area contributed by atoms with Crippen molar-refractivity contribution >= 4 is 88.4 Å². The summed E-state index contributed by atoms with van der Waals surface area (Å²) in [7, 11) is 9.89. The first kappa shape index (κ1) is 90.0. The van der Waals surface area contributed by atoms with Gasteiger partial charge >= 0.3 is 12.1 Å². The first-order valence-corrected chi connectivity index (χ1v) is 38.9. The molecule has 107 heavy (non-hydrogen) atoms. The highest BCUT2D eigenvalue weighted by molar-refractivity contribution is 8.00. The summed E-state index contributed by atoms with van der Waals surface area (Å²) in [4.78, 5) is 168. The summed E-state index contributed by atoms with van der Waals surface area (Å²) in [6, 6.07) is 6.47. The highest BCUT2D eigenvalue weighted by Gasteiger charge is 2.49. The molecule has 3 fully saturated rings. The number of ether oxygens (including phenoxy) is 3. The summed E-state index contributed by atoms with van der Waals surface area (Å²) >= 11 is 1.44. The van der Waals surface area contributed by atoms with Crippen molar-refractivity contribution in [2.45, 2.75) is 232 Å². The topological polar surface area (TPSA) is 364 Å². The number of alkyl carbamates (subject to hydrolysis) is 1. The van der Waals surface area contributed by atoms with E-state index in [-0.39, 0.29) is 153 Å². The van der Waals surface area contributed by atoms with Crippen molar-refractivity contribution in [3.8, 4) is 0 Å². The molecule has 598 valence electrons. The van der Waals surface area contributed by atoms with Gasteiger partial charge in [0, 0.05) is 103 Å². The summed E-state index contributed by atoms with van der Waals surface area (Å²) in [6.07, 6.45) is 1.09. The number of halogens is 1. The van der Waals surface area contributed by atoms with Gasteiger partial charge in [0.2, 0.25) is 47.3 Å². The normalized spacial score (nSPS) is 19.4. The molecule has 2 aromatic carbocycles. The molecule has 0 aromatic heterocycles. The Kier molecular flexibility index (Phi) is 36.1. The number of aliphatic hydroxyl groups is 1. The number of unbranched alkanes of at least 4 members (excludes halogenated alkanes) is 2. The summed E-state index contributed by atoms with van der Waals surface area (Å²) in [5.41, 5.74) is 6.45. The van der Waals surface area contributed by atoms with Gasteiger partial charge in [0.15, 0.2) is 11.6 Å². The number of nitrogens with two attached hydrogens (primary N) is 1. The molecule has 5 rings (SSSR count). The second kappa shape index (κ2) is 43.0. The van der Waals surface area contributed by atoms with E-state index in [0.717, 1.165) is 12.8 Å². The predicted octanol–water partition coefficient (Wildman–Crippen LogP) is 7.45. The van der Waals surface area contributed by atoms with Crippen LogP contribution in [0.25, 0.3) is 0 Å². The largest absolute Gasteiger partial charge is 0.445 e. The average molecular weight is 1520 g/mol. The SMILES string of the molecule is CC[C@H](C)[C@@H]([C@@H](CC(=O)N1C[C@@H](O)C[C@H]1[C@H](OC)[C@@H](C)C(=O)N[C@H](C)C(NC(=O)OCc1ccc(NC(=O)[C@H](CCCNC(N)=O)CC(=O)[C@@H](NC(=O)CCCCCN2C(=O)CC(SCC3(CC(=O)NC)CC3)C2=O)C(C)C)cc1)c1ccc(F)cc1)OC)N(C)C(=O)[C@@H](CC(=O)[C@H](C(C)C)N(C)C)C(C)C. The van der Waals surface area contributed by atoms with Crippen LogP contribution in [0.15, 0.2) is 48.5 Å². The summed E-state index contributed by atoms with van der Waals surface area (Å²) in [5.74, 6) is -5.94. The number of urea groups is 1. The number of carbonyl (C=O) groups is 12. The van der Waals surface area contributed by atoms with Crippen LogP contribution in [0.4, 0.5) is 19.7 Å². The monoisotopic (exact) mass is 1520 g/mol. The number of methoxy groups -OCH3 is 2. The van der Waals surface area contributed by atoms with E-state index < -0.39 is 101 Å². The summed E-state index contributed by atoms with van der Waals surface area (Å²) < 4.78 is 32.2. The number of likely N-dealkylation sites (tertiary alicyclic amines) is 2. The van der Waals surface area contributed by atoms with Crippen LogP contribution in [0.3, 0.4) is 0 Å². The lowest BCUT2D eigenvalue weighted by atomic mass is 9.83. The first-order chi connectivity index (χ1) is 50.5. The number of hydrogen-bond acceptors (Lipinski definition) is 18. The highest BCUT2D eigenvalue weighted by Crippen LogP contribution is 2.52. The van der Waals surface area contributed by atoms with Gasteiger partial charge in [-0.05, 0) is 130 Å². The third-order valence-electron chi connectivity index (χ3n) is 21.3. The number of Topliss-reactive ketones (excluding diaryl/α,β-unsaturated/α-hetero) is 2. The third kappa shape index (κ3) is 26.9. The molecule has 11 amide bonds. The fourth-order valence-corrected chi connectivity index (χ4v) is 16.2. The molecule has 29 heteroatoms. The molecule has 0 radical (unpaired) electrons. The molecular formula is C78H122FN11O16S. The Labute approximate surface area is 636 Å². The van der Waals surface area contributed by atoms with Crippen molar-refractivity contribution < 1.29 is 81.2 Å². The Balaban J connectivity index is 1.17. The number of anilines is 1. The molecule has 14 atom stereocenters. The van der Waals surface area contributed by atoms with Crippen molar-refractivity contribution in [1.82, 2.24) is 46.2 Å². The lowest BCUT2D eigenvalue weighted by Gasteiger charge is -2.41. The zero-order chi connectivity index (χ0) is 79.7. The molecule has 0 bridgehead atoms. The maximum Gasteiger partial charge on any atom is 0.408 e. The minimum absolute atomic E-state index is 0.0269. The number of amides is 11. The number of benzene rings is 2. The number of ketones is 2. The molecule has 2 aliphatic heterocycles. The molecule has 1 saturated carbocycles. The number of thioether (sulfide) groups is 1. The van der Waals surface area contributed by atoms with Gasteiger partial charge in [-0.1, -0.05) is 99.4 Å². The lowest BCUT2D eigenvalue weighted by Crippen LogP contribution is -2.55. The minimum atomic E-state index is -0.984. The van der Waals surface area contributed by atoms with Crippen LogP contribution < -0.4 is 37.6 Å². The van der Waals surface area contributed by atoms with Crippen molar-refractivity contribution in [3.63, 3.8) is 0 Å². The number of nitrogens with one attached hydrogen (secondary N) is 6. The molecule has 3 aliphatic rings. The number of nitrogens with zero attached hydrogens (tertiary/aromatic N) is 4. The number of carbonyl (C=O) groups excluding carboxylic acids is 12. The molecule has 2 aromatic rings. The Hall–Kier alpha value is -7.60. The van der Waals surface area contributed by atoms with Gasteiger partial charge in [0.05, 0.1) is 72.2 Å². The van der Waals surface area contributed by atoms with Crippen LogP contribution in [-0.2, 0) is 68.8 Å². The van der Waals surface area contributed by atoms with Gasteiger partial charge in [-0.2, -0.15) is 0 Å². The van der Waals surface area contributed by atoms with Gasteiger partial charge in [-0.15, -0.1) is 11.8 Å². The summed E-state index contributed by atoms with van der Waals surface area (Å²) in [6.45, 7) is 18.7. The number of hydrogen-bond donors (Lipinski definition) is 8. The van der Waals surface area contributed by atoms with Crippen LogP contribution in [0, 0.1) is 52.7 Å². The van der Waals surface area contributed by atoms with Gasteiger partial charge < -0.3 is 66.8 Å². The number of imide groups is 1. The maximum absolute atomic E-state index is 14.7. The fourth-order valence-electron chi connectivity index (χ4n) is 14.7. The number of aliphatic hydroxyl groups excluding tert-OH is 1. The smallest absolute Gasteiger partial charge is 0.408 e. The van der Waals surface area contributed by atoms with Crippen LogP contribution in [-0.4, -0.2) is 217 Å². The standard InChI is InChI=1S/C78H122FN11O16S/c1-17-48(8)70(88(14)74(100)57(45(2)3)38-60(93)69(47(6)7)87(12)13)61(104-15)39-65(96)90-42-56(91)37-58(90)71(105-16)49(9)72(98)83-50(10)68(52-26-28-54(79)29-27-52)86-77(103)106-43-51-24-30-55(31-25-51)84-73(99)53(22-21-34-82-76(80)102)36-59(92)67(46(4)5)85-63(94)23-19-18-20-35-89-66(97)40-62(75(89)101)107-44-78(32-33-78)41-64(95)81-11/h24-31,45-50,53,56-58,61-62,67-71,91H,17-23,32-44H2,1-16H3,(H,81,95)(H,83,98)(H,84,99)(H,85,94)(H,86,103)(H3,80,82,102)/t48-,49+,50+,53+,56-,57-,58-,61+,62?,67-,68?,69-,70-,71+/m0/s1. The lowest BCUT2D eigenvalue weighted by molar-refractivity contribution is -0.149. The fraction of sp³-hybridized carbons (Fsp3) is 0.692. The first-order valence-electron chi connectivity index (χ1n) is 37.9. The predicted molar refractivity (Wildman–Crippen MR) is 406 cm³/mol. The van der Waals surface area contributed by atoms with Crippen molar-refractivity contribution in [3.05, 3.63) is 65.5 Å². The molecule has 0 spiro atoms. The van der Waals surface area contributed by atoms with E-state index in [1.54, 1.807) is 71.0 Å². The third-order valence-corrected chi connectivity index (χ3v) is 22.9. The van der Waals surface area contributed by atoms with E-state index in [4.69, 9.17) is 19.9 Å². The van der Waals surface area contributed by atoms with Crippen LogP contribution in [0.5, 0.6) is 0 Å². The summed E-state index contributed by atoms with van der Waals surface area (Å²) in [5, 5.41) is 27.3.